The van der Waals surface area contributed by atoms with Crippen LogP contribution in [0.4, 0.5) is 0 Å². The average Bonchev–Trinajstić information content (AvgIpc) is 3.18. The number of fused-ring (bicyclic) bond motifs is 2. The summed E-state index contributed by atoms with van der Waals surface area (Å²) in [5, 5.41) is 29.4. The molecule has 0 saturated carbocycles. The molecular weight excluding hydrogens is 498 g/mol. The number of esters is 1. The number of ether oxygens (including phenoxy) is 2. The maximum absolute atomic E-state index is 13.7. The van der Waals surface area contributed by atoms with Gasteiger partial charge in [0.1, 0.15) is 29.5 Å². The number of aliphatic hydroxyl groups excluding tert-OH is 1. The number of Topliss-reactive ketones (excluding diaryl/α,β-unsaturated/α-hetero) is 1. The number of rotatable bonds is 8. The first-order chi connectivity index (χ1) is 18.1. The van der Waals surface area contributed by atoms with E-state index in [0.717, 1.165) is 25.1 Å². The Kier molecular flexibility index (Phi) is 12.2. The summed E-state index contributed by atoms with van der Waals surface area (Å²) in [5.41, 5.74) is -1.52. The van der Waals surface area contributed by atoms with Crippen LogP contribution in [0, 0.1) is 23.7 Å². The number of nitrogens with zero attached hydrogens (tertiary/aromatic N) is 1. The van der Waals surface area contributed by atoms with Crippen LogP contribution < -0.4 is 10.6 Å². The number of carbonyl (C=O) groups is 2. The second-order valence-corrected chi connectivity index (χ2v) is 12.5. The second kappa shape index (κ2) is 14.0. The summed E-state index contributed by atoms with van der Waals surface area (Å²) in [7, 11) is 3.87. The van der Waals surface area contributed by atoms with Crippen molar-refractivity contribution in [2.75, 3.05) is 40.3 Å². The van der Waals surface area contributed by atoms with Crippen molar-refractivity contribution in [2.45, 2.75) is 103 Å². The van der Waals surface area contributed by atoms with Gasteiger partial charge in [-0.3, -0.25) is 9.59 Å². The molecule has 0 aromatic heterocycles. The minimum Gasteiger partial charge on any atom is -0.459 e. The van der Waals surface area contributed by atoms with E-state index in [0.29, 0.717) is 25.9 Å². The van der Waals surface area contributed by atoms with Gasteiger partial charge in [0.2, 0.25) is 0 Å². The maximum Gasteiger partial charge on any atom is 0.316 e. The van der Waals surface area contributed by atoms with E-state index in [2.05, 4.69) is 24.1 Å². The Bertz CT molecular complexity index is 851. The molecule has 0 amide bonds. The van der Waals surface area contributed by atoms with Crippen LogP contribution in [0.2, 0.25) is 0 Å². The standard InChI is InChI=1S/C30H55N3O6/c1-11-24-30(8,37)27(35)21(6)33(10)17-22-15-29(7,39-23(22)16-32-14-12-13-31-9)25(18(2)3)19(4)26(34)20(5)28(36)38-24/h19-25,27,31-32,35,37H,2,11-17H2,1,3-10H3/t19-,20-,21-,22-,23?,24-,25-,27-,29-,30-/m1/s1. The molecule has 2 aliphatic heterocycles. The van der Waals surface area contributed by atoms with Crippen LogP contribution in [0.15, 0.2) is 12.2 Å². The van der Waals surface area contributed by atoms with Crippen LogP contribution in [0.1, 0.15) is 67.7 Å². The van der Waals surface area contributed by atoms with Crippen molar-refractivity contribution >= 4 is 11.8 Å². The molecule has 226 valence electrons. The number of likely N-dealkylation sites (N-methyl/N-ethyl adjacent to an activating group) is 1. The van der Waals surface area contributed by atoms with E-state index in [1.807, 2.05) is 39.8 Å². The highest BCUT2D eigenvalue weighted by Crippen LogP contribution is 2.46. The SMILES string of the molecule is C=C(C)[C@@H]1[C@@H](C)C(=O)[C@@H](C)C(=O)O[C@H](CC)[C@@](C)(O)[C@H](O)[C@@H](C)N(C)C[C@H]2C[C@@]1(C)OC2CNCCCNC. The minimum absolute atomic E-state index is 0.111. The summed E-state index contributed by atoms with van der Waals surface area (Å²) in [5.74, 6) is -2.66. The molecule has 0 aromatic rings. The molecule has 0 spiro atoms. The number of cyclic esters (lactones) is 1. The van der Waals surface area contributed by atoms with Gasteiger partial charge in [-0.1, -0.05) is 26.0 Å². The normalized spacial score (nSPS) is 41.1. The lowest BCUT2D eigenvalue weighted by Crippen LogP contribution is -2.59. The number of nitrogens with one attached hydrogen (secondary N) is 2. The van der Waals surface area contributed by atoms with Crippen molar-refractivity contribution in [2.24, 2.45) is 23.7 Å². The Morgan fingerprint density at radius 2 is 1.85 bits per heavy atom. The Balaban J connectivity index is 2.51. The number of ketones is 1. The van der Waals surface area contributed by atoms with Crippen molar-refractivity contribution in [3.8, 4) is 0 Å². The average molecular weight is 554 g/mol. The first-order valence-corrected chi connectivity index (χ1v) is 14.7. The number of hydrogen-bond acceptors (Lipinski definition) is 9. The van der Waals surface area contributed by atoms with Gasteiger partial charge in [-0.2, -0.15) is 0 Å². The second-order valence-electron chi connectivity index (χ2n) is 12.5. The van der Waals surface area contributed by atoms with Gasteiger partial charge >= 0.3 is 5.97 Å². The molecule has 2 bridgehead atoms. The molecule has 0 aromatic carbocycles. The zero-order valence-corrected chi connectivity index (χ0v) is 25.8. The zero-order chi connectivity index (χ0) is 29.7. The van der Waals surface area contributed by atoms with Crippen molar-refractivity contribution < 1.29 is 29.3 Å². The van der Waals surface area contributed by atoms with Crippen LogP contribution in [0.25, 0.3) is 0 Å². The highest BCUT2D eigenvalue weighted by Gasteiger charge is 2.53. The molecule has 9 heteroatoms. The predicted molar refractivity (Wildman–Crippen MR) is 153 cm³/mol. The number of hydrogen-bond donors (Lipinski definition) is 4. The fourth-order valence-corrected chi connectivity index (χ4v) is 6.83. The molecule has 2 aliphatic rings. The summed E-state index contributed by atoms with van der Waals surface area (Å²) in [6.45, 7) is 19.9. The van der Waals surface area contributed by atoms with E-state index in [1.165, 1.54) is 6.92 Å². The van der Waals surface area contributed by atoms with E-state index in [4.69, 9.17) is 9.47 Å². The third-order valence-corrected chi connectivity index (χ3v) is 9.21. The molecule has 10 atom stereocenters. The first kappa shape index (κ1) is 33.8. The number of carbonyl (C=O) groups excluding carboxylic acids is 2. The van der Waals surface area contributed by atoms with Gasteiger partial charge in [0, 0.05) is 36.9 Å². The molecule has 2 heterocycles. The van der Waals surface area contributed by atoms with Gasteiger partial charge in [0.05, 0.1) is 11.7 Å². The van der Waals surface area contributed by atoms with Gasteiger partial charge in [-0.05, 0) is 81.1 Å². The van der Waals surface area contributed by atoms with E-state index >= 15 is 0 Å². The third-order valence-electron chi connectivity index (χ3n) is 9.21. The third kappa shape index (κ3) is 7.68. The van der Waals surface area contributed by atoms with Gasteiger partial charge < -0.3 is 35.2 Å². The summed E-state index contributed by atoms with van der Waals surface area (Å²) in [6.07, 6.45) is -0.270. The van der Waals surface area contributed by atoms with Crippen molar-refractivity contribution in [1.82, 2.24) is 15.5 Å². The fraction of sp³-hybridized carbons (Fsp3) is 0.867. The predicted octanol–water partition coefficient (Wildman–Crippen LogP) is 2.15. The van der Waals surface area contributed by atoms with Crippen LogP contribution in [0.3, 0.4) is 0 Å². The highest BCUT2D eigenvalue weighted by molar-refractivity contribution is 6.00. The number of aliphatic hydroxyl groups is 2. The monoisotopic (exact) mass is 553 g/mol. The van der Waals surface area contributed by atoms with Crippen molar-refractivity contribution in [3.63, 3.8) is 0 Å². The molecule has 0 radical (unpaired) electrons. The van der Waals surface area contributed by atoms with Crippen molar-refractivity contribution in [3.05, 3.63) is 12.2 Å². The molecule has 39 heavy (non-hydrogen) atoms. The lowest BCUT2D eigenvalue weighted by molar-refractivity contribution is -0.190. The lowest BCUT2D eigenvalue weighted by atomic mass is 9.70. The molecule has 1 unspecified atom stereocenters. The van der Waals surface area contributed by atoms with Gasteiger partial charge in [0.25, 0.3) is 0 Å². The van der Waals surface area contributed by atoms with Gasteiger partial charge in [-0.15, -0.1) is 0 Å². The molecular formula is C30H55N3O6. The molecule has 2 fully saturated rings. The quantitative estimate of drug-likeness (QED) is 0.155. The maximum atomic E-state index is 13.7. The summed E-state index contributed by atoms with van der Waals surface area (Å²) in [6, 6.07) is -0.427. The van der Waals surface area contributed by atoms with E-state index in [1.54, 1.807) is 13.8 Å². The summed E-state index contributed by atoms with van der Waals surface area (Å²) >= 11 is 0. The zero-order valence-electron chi connectivity index (χ0n) is 25.8. The van der Waals surface area contributed by atoms with Gasteiger partial charge in [0.15, 0.2) is 0 Å². The summed E-state index contributed by atoms with van der Waals surface area (Å²) < 4.78 is 12.5. The lowest BCUT2D eigenvalue weighted by Gasteiger charge is -2.42. The van der Waals surface area contributed by atoms with E-state index in [9.17, 15) is 19.8 Å². The Morgan fingerprint density at radius 3 is 2.41 bits per heavy atom. The molecule has 9 nitrogen and oxygen atoms in total. The fourth-order valence-electron chi connectivity index (χ4n) is 6.83. The van der Waals surface area contributed by atoms with E-state index < -0.39 is 47.3 Å². The minimum atomic E-state index is -1.71. The van der Waals surface area contributed by atoms with Crippen LogP contribution in [0.5, 0.6) is 0 Å². The van der Waals surface area contributed by atoms with Crippen molar-refractivity contribution in [1.29, 1.82) is 0 Å². The molecule has 2 saturated heterocycles. The summed E-state index contributed by atoms with van der Waals surface area (Å²) in [4.78, 5) is 28.9. The first-order valence-electron chi connectivity index (χ1n) is 14.7. The van der Waals surface area contributed by atoms with E-state index in [-0.39, 0.29) is 23.7 Å². The Morgan fingerprint density at radius 1 is 1.21 bits per heavy atom. The van der Waals surface area contributed by atoms with Gasteiger partial charge in [-0.25, -0.2) is 0 Å². The Hall–Kier alpha value is -1.36. The molecule has 0 aliphatic carbocycles. The van der Waals surface area contributed by atoms with Crippen LogP contribution >= 0.6 is 0 Å². The molecule has 4 N–H and O–H groups in total. The smallest absolute Gasteiger partial charge is 0.316 e. The highest BCUT2D eigenvalue weighted by atomic mass is 16.6. The Labute approximate surface area is 236 Å². The largest absolute Gasteiger partial charge is 0.459 e. The van der Waals surface area contributed by atoms with Crippen LogP contribution in [-0.4, -0.2) is 103 Å². The van der Waals surface area contributed by atoms with Crippen LogP contribution in [-0.2, 0) is 19.1 Å². The molecule has 2 rings (SSSR count). The topological polar surface area (TPSA) is 120 Å².